The van der Waals surface area contributed by atoms with Crippen molar-refractivity contribution < 1.29 is 13.2 Å². The lowest BCUT2D eigenvalue weighted by molar-refractivity contribution is 0.178. The Morgan fingerprint density at radius 1 is 1.27 bits per heavy atom. The molecule has 26 heavy (non-hydrogen) atoms. The summed E-state index contributed by atoms with van der Waals surface area (Å²) in [7, 11) is -3.18. The Labute approximate surface area is 154 Å². The van der Waals surface area contributed by atoms with Crippen molar-refractivity contribution in [3.63, 3.8) is 0 Å². The Morgan fingerprint density at radius 2 is 2.04 bits per heavy atom. The van der Waals surface area contributed by atoms with Crippen LogP contribution in [0.4, 0.5) is 4.79 Å². The van der Waals surface area contributed by atoms with Gasteiger partial charge < -0.3 is 14.8 Å². The van der Waals surface area contributed by atoms with Crippen molar-refractivity contribution in [3.05, 3.63) is 11.6 Å². The maximum absolute atomic E-state index is 12.2. The number of piperidine rings is 1. The van der Waals surface area contributed by atoms with Gasteiger partial charge in [0.05, 0.1) is 12.3 Å². The molecule has 2 amide bonds. The van der Waals surface area contributed by atoms with E-state index in [0.717, 1.165) is 24.5 Å². The summed E-state index contributed by atoms with van der Waals surface area (Å²) in [6, 6.07) is 0.000254. The van der Waals surface area contributed by atoms with E-state index in [2.05, 4.69) is 20.1 Å². The van der Waals surface area contributed by atoms with E-state index >= 15 is 0 Å². The molecule has 0 saturated carbocycles. The Kier molecular flexibility index (Phi) is 5.52. The first kappa shape index (κ1) is 19.1. The zero-order chi connectivity index (χ0) is 18.9. The normalized spacial score (nSPS) is 21.7. The van der Waals surface area contributed by atoms with E-state index in [0.29, 0.717) is 32.7 Å². The fourth-order valence-corrected chi connectivity index (χ4v) is 4.76. The van der Waals surface area contributed by atoms with Crippen LogP contribution >= 0.6 is 0 Å². The van der Waals surface area contributed by atoms with Crippen LogP contribution in [0.2, 0.25) is 0 Å². The minimum absolute atomic E-state index is 0.0577. The third-order valence-electron chi connectivity index (χ3n) is 4.99. The van der Waals surface area contributed by atoms with Gasteiger partial charge >= 0.3 is 6.03 Å². The number of rotatable bonds is 4. The minimum atomic E-state index is -3.18. The van der Waals surface area contributed by atoms with E-state index in [9.17, 15) is 13.2 Å². The van der Waals surface area contributed by atoms with Crippen LogP contribution in [0, 0.1) is 0 Å². The van der Waals surface area contributed by atoms with Gasteiger partial charge in [0, 0.05) is 38.1 Å². The van der Waals surface area contributed by atoms with Crippen molar-refractivity contribution in [3.8, 4) is 0 Å². The molecule has 3 rings (SSSR count). The summed E-state index contributed by atoms with van der Waals surface area (Å²) in [4.78, 5) is 13.9. The summed E-state index contributed by atoms with van der Waals surface area (Å²) in [5.41, 5.74) is 0. The summed E-state index contributed by atoms with van der Waals surface area (Å²) in [5.74, 6) is 1.79. The predicted octanol–water partition coefficient (Wildman–Crippen LogP) is 0.741. The molecule has 1 N–H and O–H groups in total. The Bertz CT molecular complexity index is 760. The molecule has 146 valence electrons. The lowest BCUT2D eigenvalue weighted by Gasteiger charge is -2.33. The van der Waals surface area contributed by atoms with Crippen LogP contribution in [0.15, 0.2) is 0 Å². The topological polar surface area (TPSA) is 100 Å². The number of carbonyl (C=O) groups excluding carboxylic acids is 1. The average Bonchev–Trinajstić information content (AvgIpc) is 3.04. The first-order valence-corrected chi connectivity index (χ1v) is 10.9. The molecule has 0 radical (unpaired) electrons. The molecule has 10 heteroatoms. The third kappa shape index (κ3) is 3.85. The van der Waals surface area contributed by atoms with Crippen molar-refractivity contribution in [2.45, 2.75) is 58.7 Å². The second-order valence-electron chi connectivity index (χ2n) is 7.25. The fraction of sp³-hybridized carbons (Fsp3) is 0.812. The van der Waals surface area contributed by atoms with Crippen LogP contribution in [0.25, 0.3) is 0 Å². The molecule has 1 aromatic rings. The Morgan fingerprint density at radius 3 is 2.73 bits per heavy atom. The van der Waals surface area contributed by atoms with Gasteiger partial charge in [0.25, 0.3) is 0 Å². The summed E-state index contributed by atoms with van der Waals surface area (Å²) < 4.78 is 28.0. The number of fused-ring (bicyclic) bond motifs is 1. The molecule has 1 saturated heterocycles. The van der Waals surface area contributed by atoms with Crippen LogP contribution in [0.5, 0.6) is 0 Å². The van der Waals surface area contributed by atoms with Gasteiger partial charge in [0.1, 0.15) is 5.82 Å². The molecule has 3 heterocycles. The predicted molar refractivity (Wildman–Crippen MR) is 97.1 cm³/mol. The van der Waals surface area contributed by atoms with Crippen LogP contribution in [0.3, 0.4) is 0 Å². The number of aromatic nitrogens is 3. The Balaban J connectivity index is 1.73. The quantitative estimate of drug-likeness (QED) is 0.825. The number of sulfonamides is 1. The molecule has 2 aliphatic rings. The summed E-state index contributed by atoms with van der Waals surface area (Å²) in [5, 5.41) is 11.5. The SMILES string of the molecule is CCS(=O)(=O)N1CCCC(c2nnc3n2CCN(C(=O)NC(C)C)C3)C1. The first-order chi connectivity index (χ1) is 12.3. The van der Waals surface area contributed by atoms with Crippen LogP contribution in [-0.2, 0) is 23.1 Å². The highest BCUT2D eigenvalue weighted by Gasteiger charge is 2.33. The van der Waals surface area contributed by atoms with Gasteiger partial charge in [-0.3, -0.25) is 0 Å². The van der Waals surface area contributed by atoms with E-state index in [1.807, 2.05) is 13.8 Å². The van der Waals surface area contributed by atoms with E-state index in [4.69, 9.17) is 0 Å². The van der Waals surface area contributed by atoms with Crippen LogP contribution in [0.1, 0.15) is 51.2 Å². The lowest BCUT2D eigenvalue weighted by atomic mass is 9.98. The first-order valence-electron chi connectivity index (χ1n) is 9.27. The summed E-state index contributed by atoms with van der Waals surface area (Å²) in [6.45, 7) is 8.25. The van der Waals surface area contributed by atoms with Crippen molar-refractivity contribution in [1.82, 2.24) is 29.3 Å². The molecule has 0 aromatic carbocycles. The average molecular weight is 385 g/mol. The van der Waals surface area contributed by atoms with Gasteiger partial charge in [-0.2, -0.15) is 0 Å². The van der Waals surface area contributed by atoms with Gasteiger partial charge in [-0.05, 0) is 33.6 Å². The van der Waals surface area contributed by atoms with Crippen LogP contribution < -0.4 is 5.32 Å². The number of carbonyl (C=O) groups is 1. The highest BCUT2D eigenvalue weighted by atomic mass is 32.2. The number of nitrogens with one attached hydrogen (secondary N) is 1. The monoisotopic (exact) mass is 384 g/mol. The van der Waals surface area contributed by atoms with Crippen molar-refractivity contribution in [2.75, 3.05) is 25.4 Å². The number of hydrogen-bond donors (Lipinski definition) is 1. The second-order valence-corrected chi connectivity index (χ2v) is 9.51. The molecule has 1 atom stereocenters. The van der Waals surface area contributed by atoms with Crippen molar-refractivity contribution in [1.29, 1.82) is 0 Å². The number of hydrogen-bond acceptors (Lipinski definition) is 5. The maximum Gasteiger partial charge on any atom is 0.318 e. The van der Waals surface area contributed by atoms with E-state index in [1.54, 1.807) is 16.1 Å². The van der Waals surface area contributed by atoms with Gasteiger partial charge in [-0.15, -0.1) is 10.2 Å². The van der Waals surface area contributed by atoms with E-state index < -0.39 is 10.0 Å². The van der Waals surface area contributed by atoms with Gasteiger partial charge in [0.15, 0.2) is 5.82 Å². The number of nitrogens with zero attached hydrogens (tertiary/aromatic N) is 5. The highest BCUT2D eigenvalue weighted by Crippen LogP contribution is 2.29. The summed E-state index contributed by atoms with van der Waals surface area (Å²) >= 11 is 0. The van der Waals surface area contributed by atoms with Gasteiger partial charge in [-0.1, -0.05) is 0 Å². The molecule has 9 nitrogen and oxygen atoms in total. The molecule has 0 bridgehead atoms. The van der Waals surface area contributed by atoms with Crippen LogP contribution in [-0.4, -0.2) is 69.8 Å². The lowest BCUT2D eigenvalue weighted by Crippen LogP contribution is -2.46. The second kappa shape index (κ2) is 7.51. The number of amides is 2. The van der Waals surface area contributed by atoms with Gasteiger partial charge in [-0.25, -0.2) is 17.5 Å². The largest absolute Gasteiger partial charge is 0.336 e. The van der Waals surface area contributed by atoms with Crippen molar-refractivity contribution in [2.24, 2.45) is 0 Å². The van der Waals surface area contributed by atoms with Crippen molar-refractivity contribution >= 4 is 16.1 Å². The van der Waals surface area contributed by atoms with Gasteiger partial charge in [0.2, 0.25) is 10.0 Å². The smallest absolute Gasteiger partial charge is 0.318 e. The molecular weight excluding hydrogens is 356 g/mol. The molecular formula is C16H28N6O3S. The molecule has 2 aliphatic heterocycles. The standard InChI is InChI=1S/C16H28N6O3S/c1-4-26(24,25)21-7-5-6-13(10-21)15-19-18-14-11-20(8-9-22(14)15)16(23)17-12(2)3/h12-13H,4-11H2,1-3H3,(H,17,23). The molecule has 1 fully saturated rings. The fourth-order valence-electron chi connectivity index (χ4n) is 3.58. The summed E-state index contributed by atoms with van der Waals surface area (Å²) in [6.07, 6.45) is 1.74. The molecule has 0 aliphatic carbocycles. The van der Waals surface area contributed by atoms with E-state index in [1.165, 1.54) is 0 Å². The van der Waals surface area contributed by atoms with E-state index in [-0.39, 0.29) is 23.7 Å². The zero-order valence-electron chi connectivity index (χ0n) is 15.7. The Hall–Kier alpha value is -1.68. The highest BCUT2D eigenvalue weighted by molar-refractivity contribution is 7.89. The zero-order valence-corrected chi connectivity index (χ0v) is 16.5. The molecule has 1 unspecified atom stereocenters. The third-order valence-corrected chi connectivity index (χ3v) is 6.84. The number of urea groups is 1. The maximum atomic E-state index is 12.2. The minimum Gasteiger partial charge on any atom is -0.336 e. The molecule has 0 spiro atoms. The molecule has 1 aromatic heterocycles.